The minimum Gasteiger partial charge on any atom is -0.466 e. The minimum absolute atomic E-state index is 0.0347. The Kier molecular flexibility index (Phi) is 4.51. The molecule has 25 heavy (non-hydrogen) atoms. The van der Waals surface area contributed by atoms with Crippen LogP contribution < -0.4 is 10.1 Å². The van der Waals surface area contributed by atoms with Gasteiger partial charge in [0.25, 0.3) is 5.91 Å². The van der Waals surface area contributed by atoms with E-state index in [9.17, 15) is 18.0 Å². The lowest BCUT2D eigenvalue weighted by atomic mass is 10.2. The maximum Gasteiger partial charge on any atom is 0.416 e. The lowest BCUT2D eigenvalue weighted by Crippen LogP contribution is -2.21. The number of fused-ring (bicyclic) bond motifs is 1. The summed E-state index contributed by atoms with van der Waals surface area (Å²) in [6, 6.07) is 11.6. The maximum absolute atomic E-state index is 12.7. The standard InChI is InChI=1S/C17H12F3N3O2/c18-17(19,20)12-5-3-6-13(8-12)22-15(24)10-25-16-14-7-2-1-4-11(14)9-21-23-16/h1-9H,10H2,(H,22,24). The van der Waals surface area contributed by atoms with Crippen LogP contribution in [0.4, 0.5) is 18.9 Å². The molecule has 3 rings (SSSR count). The summed E-state index contributed by atoms with van der Waals surface area (Å²) in [5.41, 5.74) is -0.807. The Labute approximate surface area is 140 Å². The van der Waals surface area contributed by atoms with Crippen LogP contribution in [0.15, 0.2) is 54.7 Å². The number of nitrogens with zero attached hydrogens (tertiary/aromatic N) is 2. The van der Waals surface area contributed by atoms with Crippen molar-refractivity contribution in [2.45, 2.75) is 6.18 Å². The molecule has 128 valence electrons. The first kappa shape index (κ1) is 16.7. The predicted octanol–water partition coefficient (Wildman–Crippen LogP) is 3.67. The number of benzene rings is 2. The molecule has 0 fully saturated rings. The number of nitrogens with one attached hydrogen (secondary N) is 1. The molecule has 0 aliphatic heterocycles. The van der Waals surface area contributed by atoms with Crippen molar-refractivity contribution < 1.29 is 22.7 Å². The van der Waals surface area contributed by atoms with Gasteiger partial charge >= 0.3 is 6.18 Å². The Morgan fingerprint density at radius 2 is 1.92 bits per heavy atom. The second-order valence-corrected chi connectivity index (χ2v) is 5.15. The largest absolute Gasteiger partial charge is 0.466 e. The summed E-state index contributed by atoms with van der Waals surface area (Å²) in [5, 5.41) is 11.5. The number of anilines is 1. The summed E-state index contributed by atoms with van der Waals surface area (Å²) in [6.45, 7) is -0.404. The van der Waals surface area contributed by atoms with Crippen LogP contribution in [0, 0.1) is 0 Å². The molecule has 0 aliphatic rings. The van der Waals surface area contributed by atoms with Crippen molar-refractivity contribution in [2.75, 3.05) is 11.9 Å². The van der Waals surface area contributed by atoms with Gasteiger partial charge in [-0.3, -0.25) is 4.79 Å². The fourth-order valence-corrected chi connectivity index (χ4v) is 2.21. The Balaban J connectivity index is 1.67. The van der Waals surface area contributed by atoms with Gasteiger partial charge in [-0.15, -0.1) is 5.10 Å². The first-order valence-corrected chi connectivity index (χ1v) is 7.24. The minimum atomic E-state index is -4.48. The fourth-order valence-electron chi connectivity index (χ4n) is 2.21. The van der Waals surface area contributed by atoms with E-state index in [2.05, 4.69) is 15.5 Å². The number of halogens is 3. The smallest absolute Gasteiger partial charge is 0.416 e. The van der Waals surface area contributed by atoms with E-state index >= 15 is 0 Å². The van der Waals surface area contributed by atoms with Crippen molar-refractivity contribution in [1.82, 2.24) is 10.2 Å². The average Bonchev–Trinajstić information content (AvgIpc) is 2.59. The van der Waals surface area contributed by atoms with Crippen LogP contribution in [0.5, 0.6) is 5.88 Å². The monoisotopic (exact) mass is 347 g/mol. The van der Waals surface area contributed by atoms with Gasteiger partial charge in [-0.25, -0.2) is 0 Å². The summed E-state index contributed by atoms with van der Waals surface area (Å²) in [5.74, 6) is -0.425. The topological polar surface area (TPSA) is 64.1 Å². The molecule has 1 amide bonds. The molecular weight excluding hydrogens is 335 g/mol. The molecule has 0 bridgehead atoms. The van der Waals surface area contributed by atoms with Crippen molar-refractivity contribution in [1.29, 1.82) is 0 Å². The molecule has 1 heterocycles. The zero-order valence-corrected chi connectivity index (χ0v) is 12.7. The highest BCUT2D eigenvalue weighted by Crippen LogP contribution is 2.30. The lowest BCUT2D eigenvalue weighted by Gasteiger charge is -2.10. The number of amides is 1. The summed E-state index contributed by atoms with van der Waals surface area (Å²) >= 11 is 0. The van der Waals surface area contributed by atoms with Gasteiger partial charge in [0, 0.05) is 16.5 Å². The normalized spacial score (nSPS) is 11.3. The molecular formula is C17H12F3N3O2. The third-order valence-corrected chi connectivity index (χ3v) is 3.35. The average molecular weight is 347 g/mol. The Bertz CT molecular complexity index is 908. The summed E-state index contributed by atoms with van der Waals surface area (Å²) in [7, 11) is 0. The molecule has 0 saturated heterocycles. The predicted molar refractivity (Wildman–Crippen MR) is 85.1 cm³/mol. The highest BCUT2D eigenvalue weighted by atomic mass is 19.4. The van der Waals surface area contributed by atoms with Gasteiger partial charge in [0.2, 0.25) is 5.88 Å². The zero-order chi connectivity index (χ0) is 17.9. The fraction of sp³-hybridized carbons (Fsp3) is 0.118. The Morgan fingerprint density at radius 1 is 1.12 bits per heavy atom. The van der Waals surface area contributed by atoms with Gasteiger partial charge < -0.3 is 10.1 Å². The van der Waals surface area contributed by atoms with Crippen molar-refractivity contribution in [2.24, 2.45) is 0 Å². The van der Waals surface area contributed by atoms with Gasteiger partial charge in [0.05, 0.1) is 11.8 Å². The number of alkyl halides is 3. The third-order valence-electron chi connectivity index (χ3n) is 3.35. The van der Waals surface area contributed by atoms with E-state index in [1.54, 1.807) is 18.3 Å². The van der Waals surface area contributed by atoms with E-state index in [1.807, 2.05) is 12.1 Å². The molecule has 0 radical (unpaired) electrons. The number of hydrogen-bond donors (Lipinski definition) is 1. The Hall–Kier alpha value is -3.16. The van der Waals surface area contributed by atoms with Gasteiger partial charge in [-0.1, -0.05) is 24.3 Å². The molecule has 5 nitrogen and oxygen atoms in total. The third kappa shape index (κ3) is 4.03. The zero-order valence-electron chi connectivity index (χ0n) is 12.7. The highest BCUT2D eigenvalue weighted by Gasteiger charge is 2.30. The van der Waals surface area contributed by atoms with Crippen LogP contribution in [0.25, 0.3) is 10.8 Å². The van der Waals surface area contributed by atoms with Crippen molar-refractivity contribution in [3.8, 4) is 5.88 Å². The second-order valence-electron chi connectivity index (χ2n) is 5.15. The molecule has 0 atom stereocenters. The van der Waals surface area contributed by atoms with Crippen molar-refractivity contribution in [3.05, 3.63) is 60.3 Å². The lowest BCUT2D eigenvalue weighted by molar-refractivity contribution is -0.137. The van der Waals surface area contributed by atoms with Crippen LogP contribution in [0.2, 0.25) is 0 Å². The van der Waals surface area contributed by atoms with Crippen LogP contribution >= 0.6 is 0 Å². The summed E-state index contributed by atoms with van der Waals surface area (Å²) < 4.78 is 43.4. The quantitative estimate of drug-likeness (QED) is 0.782. The van der Waals surface area contributed by atoms with Crippen LogP contribution in [0.3, 0.4) is 0 Å². The summed E-state index contributed by atoms with van der Waals surface area (Å²) in [6.07, 6.45) is -2.92. The van der Waals surface area contributed by atoms with Crippen LogP contribution in [-0.4, -0.2) is 22.7 Å². The molecule has 0 saturated carbocycles. The SMILES string of the molecule is O=C(COc1nncc2ccccc12)Nc1cccc(C(F)(F)F)c1. The molecule has 1 N–H and O–H groups in total. The van der Waals surface area contributed by atoms with E-state index in [4.69, 9.17) is 4.74 Å². The molecule has 8 heteroatoms. The Morgan fingerprint density at radius 3 is 2.72 bits per heavy atom. The van der Waals surface area contributed by atoms with Gasteiger partial charge in [0.15, 0.2) is 6.61 Å². The van der Waals surface area contributed by atoms with Gasteiger partial charge in [0.1, 0.15) is 0 Å². The molecule has 0 unspecified atom stereocenters. The number of rotatable bonds is 4. The number of ether oxygens (including phenoxy) is 1. The van der Waals surface area contributed by atoms with Crippen LogP contribution in [0.1, 0.15) is 5.56 Å². The van der Waals surface area contributed by atoms with E-state index in [0.717, 1.165) is 17.5 Å². The van der Waals surface area contributed by atoms with E-state index < -0.39 is 24.3 Å². The van der Waals surface area contributed by atoms with E-state index in [-0.39, 0.29) is 11.6 Å². The van der Waals surface area contributed by atoms with E-state index in [1.165, 1.54) is 12.1 Å². The van der Waals surface area contributed by atoms with Crippen molar-refractivity contribution in [3.63, 3.8) is 0 Å². The van der Waals surface area contributed by atoms with Gasteiger partial charge in [-0.05, 0) is 24.3 Å². The number of carbonyl (C=O) groups excluding carboxylic acids is 1. The summed E-state index contributed by atoms with van der Waals surface area (Å²) in [4.78, 5) is 11.9. The number of carbonyl (C=O) groups is 1. The molecule has 3 aromatic rings. The second kappa shape index (κ2) is 6.76. The molecule has 0 aliphatic carbocycles. The van der Waals surface area contributed by atoms with Crippen molar-refractivity contribution >= 4 is 22.4 Å². The first-order chi connectivity index (χ1) is 11.9. The number of hydrogen-bond acceptors (Lipinski definition) is 4. The van der Waals surface area contributed by atoms with Gasteiger partial charge in [-0.2, -0.15) is 18.3 Å². The molecule has 0 spiro atoms. The first-order valence-electron chi connectivity index (χ1n) is 7.24. The van der Waals surface area contributed by atoms with Crippen LogP contribution in [-0.2, 0) is 11.0 Å². The number of aromatic nitrogens is 2. The maximum atomic E-state index is 12.7. The highest BCUT2D eigenvalue weighted by molar-refractivity contribution is 5.92. The van der Waals surface area contributed by atoms with E-state index in [0.29, 0.717) is 5.39 Å². The molecule has 1 aromatic heterocycles. The molecule has 2 aromatic carbocycles.